The summed E-state index contributed by atoms with van der Waals surface area (Å²) in [6.45, 7) is 6.74. The molecule has 0 aliphatic heterocycles. The number of carbonyl (C=O) groups is 1. The third-order valence-electron chi connectivity index (χ3n) is 2.98. The zero-order valence-electron chi connectivity index (χ0n) is 8.93. The molecule has 0 spiro atoms. The van der Waals surface area contributed by atoms with Gasteiger partial charge >= 0.3 is 5.97 Å². The van der Waals surface area contributed by atoms with E-state index in [1.807, 2.05) is 0 Å². The van der Waals surface area contributed by atoms with E-state index < -0.39 is 0 Å². The van der Waals surface area contributed by atoms with Gasteiger partial charge < -0.3 is 4.74 Å². The highest BCUT2D eigenvalue weighted by atomic mass is 16.5. The van der Waals surface area contributed by atoms with Crippen molar-refractivity contribution in [2.75, 3.05) is 6.61 Å². The molecule has 0 amide bonds. The molecule has 1 aliphatic rings. The van der Waals surface area contributed by atoms with Gasteiger partial charge in [0.05, 0.1) is 6.61 Å². The molecule has 1 fully saturated rings. The van der Waals surface area contributed by atoms with Gasteiger partial charge in [0, 0.05) is 6.92 Å². The van der Waals surface area contributed by atoms with Gasteiger partial charge in [-0.25, -0.2) is 0 Å². The Kier molecular flexibility index (Phi) is 3.34. The minimum atomic E-state index is -0.148. The molecule has 1 saturated carbocycles. The predicted octanol–water partition coefficient (Wildman–Crippen LogP) is 2.77. The van der Waals surface area contributed by atoms with Crippen LogP contribution in [0.4, 0.5) is 0 Å². The van der Waals surface area contributed by atoms with Crippen molar-refractivity contribution in [2.45, 2.75) is 46.5 Å². The molecule has 13 heavy (non-hydrogen) atoms. The monoisotopic (exact) mass is 184 g/mol. The molecule has 0 radical (unpaired) electrons. The maximum absolute atomic E-state index is 10.6. The van der Waals surface area contributed by atoms with E-state index >= 15 is 0 Å². The number of esters is 1. The molecule has 0 saturated heterocycles. The maximum atomic E-state index is 10.6. The van der Waals surface area contributed by atoms with Gasteiger partial charge in [-0.3, -0.25) is 4.79 Å². The van der Waals surface area contributed by atoms with Crippen LogP contribution in [-0.4, -0.2) is 12.6 Å². The molecule has 0 bridgehead atoms. The molecule has 0 N–H and O–H groups in total. The normalized spacial score (nSPS) is 22.7. The van der Waals surface area contributed by atoms with E-state index in [0.29, 0.717) is 17.9 Å². The third-order valence-corrected chi connectivity index (χ3v) is 2.98. The van der Waals surface area contributed by atoms with Crippen molar-refractivity contribution in [1.29, 1.82) is 0 Å². The van der Waals surface area contributed by atoms with Gasteiger partial charge in [-0.05, 0) is 37.0 Å². The van der Waals surface area contributed by atoms with Crippen LogP contribution in [0.1, 0.15) is 46.5 Å². The second kappa shape index (κ2) is 4.12. The summed E-state index contributed by atoms with van der Waals surface area (Å²) in [6, 6.07) is 0. The smallest absolute Gasteiger partial charge is 0.302 e. The topological polar surface area (TPSA) is 26.3 Å². The first-order valence-electron chi connectivity index (χ1n) is 5.13. The zero-order chi connectivity index (χ0) is 9.90. The van der Waals surface area contributed by atoms with E-state index in [1.54, 1.807) is 0 Å². The van der Waals surface area contributed by atoms with Crippen molar-refractivity contribution in [2.24, 2.45) is 11.3 Å². The Hall–Kier alpha value is -0.530. The Morgan fingerprint density at radius 1 is 1.38 bits per heavy atom. The highest BCUT2D eigenvalue weighted by molar-refractivity contribution is 5.65. The summed E-state index contributed by atoms with van der Waals surface area (Å²) in [6.07, 6.45) is 4.94. The SMILES string of the molecule is CC(=O)OCC1CCC(C)(C)CC1. The number of carbonyl (C=O) groups excluding carboxylic acids is 1. The highest BCUT2D eigenvalue weighted by Crippen LogP contribution is 2.37. The largest absolute Gasteiger partial charge is 0.466 e. The fraction of sp³-hybridized carbons (Fsp3) is 0.909. The van der Waals surface area contributed by atoms with Crippen LogP contribution in [-0.2, 0) is 9.53 Å². The first-order valence-corrected chi connectivity index (χ1v) is 5.13. The Balaban J connectivity index is 2.21. The Morgan fingerprint density at radius 3 is 2.38 bits per heavy atom. The van der Waals surface area contributed by atoms with Crippen molar-refractivity contribution in [3.63, 3.8) is 0 Å². The van der Waals surface area contributed by atoms with E-state index in [4.69, 9.17) is 4.74 Å². The molecule has 1 rings (SSSR count). The first-order chi connectivity index (χ1) is 5.99. The van der Waals surface area contributed by atoms with Crippen molar-refractivity contribution in [1.82, 2.24) is 0 Å². The van der Waals surface area contributed by atoms with Crippen LogP contribution in [0.15, 0.2) is 0 Å². The third kappa shape index (κ3) is 3.79. The van der Waals surface area contributed by atoms with E-state index in [2.05, 4.69) is 13.8 Å². The van der Waals surface area contributed by atoms with Crippen LogP contribution in [0.2, 0.25) is 0 Å². The van der Waals surface area contributed by atoms with Gasteiger partial charge in [-0.2, -0.15) is 0 Å². The van der Waals surface area contributed by atoms with Crippen molar-refractivity contribution in [3.05, 3.63) is 0 Å². The quantitative estimate of drug-likeness (QED) is 0.617. The molecule has 0 aromatic carbocycles. The van der Waals surface area contributed by atoms with E-state index in [9.17, 15) is 4.79 Å². The lowest BCUT2D eigenvalue weighted by Gasteiger charge is -2.33. The van der Waals surface area contributed by atoms with Crippen molar-refractivity contribution in [3.8, 4) is 0 Å². The molecule has 76 valence electrons. The summed E-state index contributed by atoms with van der Waals surface area (Å²) in [5, 5.41) is 0. The Labute approximate surface area is 80.7 Å². The van der Waals surface area contributed by atoms with Crippen LogP contribution in [0.3, 0.4) is 0 Å². The minimum absolute atomic E-state index is 0.148. The molecule has 2 heteroatoms. The summed E-state index contributed by atoms with van der Waals surface area (Å²) in [5.74, 6) is 0.460. The minimum Gasteiger partial charge on any atom is -0.466 e. The van der Waals surface area contributed by atoms with E-state index in [0.717, 1.165) is 0 Å². The second-order valence-electron chi connectivity index (χ2n) is 4.91. The van der Waals surface area contributed by atoms with Gasteiger partial charge in [-0.1, -0.05) is 13.8 Å². The molecule has 0 unspecified atom stereocenters. The molecule has 1 aliphatic carbocycles. The number of hydrogen-bond acceptors (Lipinski definition) is 2. The Morgan fingerprint density at radius 2 is 1.92 bits per heavy atom. The van der Waals surface area contributed by atoms with Crippen LogP contribution < -0.4 is 0 Å². The average molecular weight is 184 g/mol. The lowest BCUT2D eigenvalue weighted by Crippen LogP contribution is -2.24. The van der Waals surface area contributed by atoms with Gasteiger partial charge in [-0.15, -0.1) is 0 Å². The fourth-order valence-electron chi connectivity index (χ4n) is 1.86. The van der Waals surface area contributed by atoms with Crippen molar-refractivity contribution >= 4 is 5.97 Å². The number of ether oxygens (including phenoxy) is 1. The molecular formula is C11H20O2. The molecule has 2 nitrogen and oxygen atoms in total. The maximum Gasteiger partial charge on any atom is 0.302 e. The lowest BCUT2D eigenvalue weighted by atomic mass is 9.73. The van der Waals surface area contributed by atoms with E-state index in [1.165, 1.54) is 32.6 Å². The highest BCUT2D eigenvalue weighted by Gasteiger charge is 2.26. The molecule has 0 aromatic heterocycles. The summed E-state index contributed by atoms with van der Waals surface area (Å²) in [5.41, 5.74) is 0.507. The zero-order valence-corrected chi connectivity index (χ0v) is 8.93. The summed E-state index contributed by atoms with van der Waals surface area (Å²) in [7, 11) is 0. The second-order valence-corrected chi connectivity index (χ2v) is 4.91. The molecule has 0 aromatic rings. The van der Waals surface area contributed by atoms with Crippen molar-refractivity contribution < 1.29 is 9.53 Å². The summed E-state index contributed by atoms with van der Waals surface area (Å²) >= 11 is 0. The van der Waals surface area contributed by atoms with Crippen LogP contribution in [0, 0.1) is 11.3 Å². The Bertz CT molecular complexity index is 175. The summed E-state index contributed by atoms with van der Waals surface area (Å²) < 4.78 is 5.01. The molecule has 0 atom stereocenters. The van der Waals surface area contributed by atoms with Crippen LogP contribution >= 0.6 is 0 Å². The molecular weight excluding hydrogens is 164 g/mol. The average Bonchev–Trinajstić information content (AvgIpc) is 2.02. The van der Waals surface area contributed by atoms with Gasteiger partial charge in [0.15, 0.2) is 0 Å². The number of rotatable bonds is 2. The van der Waals surface area contributed by atoms with Gasteiger partial charge in [0.1, 0.15) is 0 Å². The van der Waals surface area contributed by atoms with Crippen LogP contribution in [0.25, 0.3) is 0 Å². The van der Waals surface area contributed by atoms with Gasteiger partial charge in [0.2, 0.25) is 0 Å². The molecule has 0 heterocycles. The van der Waals surface area contributed by atoms with E-state index in [-0.39, 0.29) is 5.97 Å². The van der Waals surface area contributed by atoms with Crippen LogP contribution in [0.5, 0.6) is 0 Å². The fourth-order valence-corrected chi connectivity index (χ4v) is 1.86. The predicted molar refractivity (Wildman–Crippen MR) is 52.4 cm³/mol. The summed E-state index contributed by atoms with van der Waals surface area (Å²) in [4.78, 5) is 10.6. The van der Waals surface area contributed by atoms with Gasteiger partial charge in [0.25, 0.3) is 0 Å². The lowest BCUT2D eigenvalue weighted by molar-refractivity contribution is -0.142. The standard InChI is InChI=1S/C11H20O2/c1-9(12)13-8-10-4-6-11(2,3)7-5-10/h10H,4-8H2,1-3H3. The number of hydrogen-bond donors (Lipinski definition) is 0. The first kappa shape index (κ1) is 10.6.